The highest BCUT2D eigenvalue weighted by molar-refractivity contribution is 5.74. The van der Waals surface area contributed by atoms with Crippen LogP contribution in [0.2, 0.25) is 0 Å². The summed E-state index contributed by atoms with van der Waals surface area (Å²) in [7, 11) is 4.78. The average molecular weight is 599 g/mol. The molecule has 13 unspecified atom stereocenters. The standard InChI is InChI=1S/C30H46O12/c1-5-30(12-37-27(31)15-6-9-18-24(40-18)21(15)34-2,13-38-28(32)16-7-10-19-25(41-19)22(16)35-3)14-39-29(33)17-8-11-20-26(42-20)23(17)36-4/h15-27,31H,5-14H2,1-4H3. The van der Waals surface area contributed by atoms with Crippen LogP contribution >= 0.6 is 0 Å². The van der Waals surface area contributed by atoms with Gasteiger partial charge in [-0.05, 0) is 44.9 Å². The summed E-state index contributed by atoms with van der Waals surface area (Å²) in [5, 5.41) is 11.1. The van der Waals surface area contributed by atoms with Crippen LogP contribution in [0.3, 0.4) is 0 Å². The maximum absolute atomic E-state index is 13.3. The maximum Gasteiger partial charge on any atom is 0.311 e. The van der Waals surface area contributed by atoms with Crippen LogP contribution in [0.25, 0.3) is 0 Å². The van der Waals surface area contributed by atoms with Gasteiger partial charge in [-0.15, -0.1) is 0 Å². The van der Waals surface area contributed by atoms with Crippen LogP contribution in [0.1, 0.15) is 51.9 Å². The number of hydrogen-bond donors (Lipinski definition) is 1. The maximum atomic E-state index is 13.3. The first-order valence-electron chi connectivity index (χ1n) is 15.5. The van der Waals surface area contributed by atoms with E-state index in [1.165, 1.54) is 0 Å². The number of aliphatic hydroxyl groups excluding tert-OH is 1. The minimum Gasteiger partial charge on any atom is -0.465 e. The Kier molecular flexibility index (Phi) is 9.15. The second-order valence-corrected chi connectivity index (χ2v) is 12.9. The highest BCUT2D eigenvalue weighted by Crippen LogP contribution is 2.44. The Balaban J connectivity index is 1.11. The molecule has 0 aromatic rings. The van der Waals surface area contributed by atoms with Crippen molar-refractivity contribution in [3.05, 3.63) is 0 Å². The number of fused-ring (bicyclic) bond motifs is 3. The summed E-state index contributed by atoms with van der Waals surface area (Å²) < 4.78 is 51.7. The second-order valence-electron chi connectivity index (χ2n) is 12.9. The summed E-state index contributed by atoms with van der Waals surface area (Å²) >= 11 is 0. The Morgan fingerprint density at radius 2 is 1.17 bits per heavy atom. The summed E-state index contributed by atoms with van der Waals surface area (Å²) in [5.41, 5.74) is -0.881. The molecule has 6 fully saturated rings. The predicted octanol–water partition coefficient (Wildman–Crippen LogP) is 1.38. The van der Waals surface area contributed by atoms with Crippen molar-refractivity contribution in [2.75, 3.05) is 41.2 Å². The monoisotopic (exact) mass is 598 g/mol. The molecule has 13 atom stereocenters. The number of rotatable bonds is 14. The molecule has 0 bridgehead atoms. The van der Waals surface area contributed by atoms with E-state index in [0.717, 1.165) is 19.3 Å². The van der Waals surface area contributed by atoms with E-state index in [4.69, 9.17) is 42.6 Å². The molecule has 12 nitrogen and oxygen atoms in total. The molecule has 1 N–H and O–H groups in total. The topological polar surface area (TPSA) is 147 Å². The van der Waals surface area contributed by atoms with Crippen molar-refractivity contribution < 1.29 is 57.3 Å². The Hall–Kier alpha value is -1.38. The van der Waals surface area contributed by atoms with Gasteiger partial charge >= 0.3 is 11.9 Å². The van der Waals surface area contributed by atoms with Crippen LogP contribution < -0.4 is 0 Å². The zero-order chi connectivity index (χ0) is 29.6. The van der Waals surface area contributed by atoms with Crippen LogP contribution in [0.4, 0.5) is 0 Å². The van der Waals surface area contributed by atoms with Gasteiger partial charge in [0.1, 0.15) is 31.5 Å². The van der Waals surface area contributed by atoms with Gasteiger partial charge in [0.2, 0.25) is 0 Å². The molecule has 0 amide bonds. The molecule has 3 heterocycles. The highest BCUT2D eigenvalue weighted by Gasteiger charge is 2.56. The van der Waals surface area contributed by atoms with Gasteiger partial charge in [0.15, 0.2) is 6.29 Å². The fraction of sp³-hybridized carbons (Fsp3) is 0.933. The molecule has 238 valence electrons. The predicted molar refractivity (Wildman–Crippen MR) is 143 cm³/mol. The zero-order valence-electron chi connectivity index (χ0n) is 25.0. The molecule has 12 heteroatoms. The molecule has 3 saturated carbocycles. The first kappa shape index (κ1) is 30.6. The van der Waals surface area contributed by atoms with E-state index >= 15 is 0 Å². The van der Waals surface area contributed by atoms with Gasteiger partial charge in [0, 0.05) is 27.2 Å². The van der Waals surface area contributed by atoms with Gasteiger partial charge in [0.25, 0.3) is 0 Å². The van der Waals surface area contributed by atoms with E-state index in [1.807, 2.05) is 6.92 Å². The number of methoxy groups -OCH3 is 3. The van der Waals surface area contributed by atoms with E-state index < -0.39 is 23.5 Å². The third kappa shape index (κ3) is 6.10. The number of aliphatic hydroxyl groups is 1. The van der Waals surface area contributed by atoms with Crippen LogP contribution in [-0.2, 0) is 52.2 Å². The lowest BCUT2D eigenvalue weighted by Gasteiger charge is -2.37. The van der Waals surface area contributed by atoms with Crippen molar-refractivity contribution in [2.45, 2.75) is 113 Å². The van der Waals surface area contributed by atoms with Gasteiger partial charge < -0.3 is 47.7 Å². The van der Waals surface area contributed by atoms with E-state index in [-0.39, 0.29) is 92.6 Å². The van der Waals surface area contributed by atoms with E-state index in [2.05, 4.69) is 0 Å². The van der Waals surface area contributed by atoms with Gasteiger partial charge in [-0.2, -0.15) is 0 Å². The van der Waals surface area contributed by atoms with Crippen molar-refractivity contribution in [3.63, 3.8) is 0 Å². The van der Waals surface area contributed by atoms with Gasteiger partial charge in [-0.1, -0.05) is 6.92 Å². The van der Waals surface area contributed by atoms with Crippen LogP contribution in [0.5, 0.6) is 0 Å². The summed E-state index contributed by atoms with van der Waals surface area (Å²) in [6.07, 6.45) is 3.10. The van der Waals surface area contributed by atoms with Crippen LogP contribution in [-0.4, -0.2) is 119 Å². The number of ether oxygens (including phenoxy) is 9. The van der Waals surface area contributed by atoms with Gasteiger partial charge in [-0.3, -0.25) is 9.59 Å². The molecule has 0 aromatic carbocycles. The molecule has 0 radical (unpaired) electrons. The summed E-state index contributed by atoms with van der Waals surface area (Å²) in [6, 6.07) is 0. The van der Waals surface area contributed by atoms with Crippen LogP contribution in [0.15, 0.2) is 0 Å². The molecule has 6 aliphatic rings. The normalized spacial score (nSPS) is 43.5. The fourth-order valence-corrected chi connectivity index (χ4v) is 7.47. The van der Waals surface area contributed by atoms with Crippen LogP contribution in [0, 0.1) is 23.2 Å². The smallest absolute Gasteiger partial charge is 0.311 e. The van der Waals surface area contributed by atoms with E-state index in [9.17, 15) is 14.7 Å². The Bertz CT molecular complexity index is 926. The molecule has 42 heavy (non-hydrogen) atoms. The molecule has 3 aliphatic carbocycles. The minimum absolute atomic E-state index is 0.0193. The molecule has 0 aromatic heterocycles. The third-order valence-corrected chi connectivity index (χ3v) is 10.5. The van der Waals surface area contributed by atoms with Crippen molar-refractivity contribution >= 4 is 11.9 Å². The second kappa shape index (κ2) is 12.5. The molecule has 3 saturated heterocycles. The number of carbonyl (C=O) groups is 2. The quantitative estimate of drug-likeness (QED) is 0.175. The number of epoxide rings is 3. The van der Waals surface area contributed by atoms with Crippen molar-refractivity contribution in [1.82, 2.24) is 0 Å². The number of hydrogen-bond acceptors (Lipinski definition) is 12. The lowest BCUT2D eigenvalue weighted by Crippen LogP contribution is -2.46. The van der Waals surface area contributed by atoms with Crippen molar-refractivity contribution in [2.24, 2.45) is 23.2 Å². The zero-order valence-corrected chi connectivity index (χ0v) is 25.0. The Morgan fingerprint density at radius 3 is 1.62 bits per heavy atom. The highest BCUT2D eigenvalue weighted by atomic mass is 16.6. The minimum atomic E-state index is -1.11. The number of esters is 2. The Labute approximate surface area is 246 Å². The lowest BCUT2D eigenvalue weighted by atomic mass is 9.84. The third-order valence-electron chi connectivity index (χ3n) is 10.5. The molecule has 6 rings (SSSR count). The lowest BCUT2D eigenvalue weighted by molar-refractivity contribution is -0.200. The Morgan fingerprint density at radius 1 is 0.714 bits per heavy atom. The first-order valence-corrected chi connectivity index (χ1v) is 15.5. The molecule has 3 aliphatic heterocycles. The largest absolute Gasteiger partial charge is 0.465 e. The van der Waals surface area contributed by atoms with Gasteiger partial charge in [-0.25, -0.2) is 0 Å². The van der Waals surface area contributed by atoms with Crippen molar-refractivity contribution in [3.8, 4) is 0 Å². The van der Waals surface area contributed by atoms with Gasteiger partial charge in [0.05, 0.1) is 60.5 Å². The van der Waals surface area contributed by atoms with E-state index in [0.29, 0.717) is 25.7 Å². The fourth-order valence-electron chi connectivity index (χ4n) is 7.47. The summed E-state index contributed by atoms with van der Waals surface area (Å²) in [5.74, 6) is -1.86. The first-order chi connectivity index (χ1) is 20.3. The molecular weight excluding hydrogens is 552 g/mol. The molecule has 0 spiro atoms. The summed E-state index contributed by atoms with van der Waals surface area (Å²) in [6.45, 7) is 1.87. The van der Waals surface area contributed by atoms with Crippen molar-refractivity contribution in [1.29, 1.82) is 0 Å². The molecular formula is C30H46O12. The number of carbonyl (C=O) groups excluding carboxylic acids is 2. The SMILES string of the molecule is CCC(COC(=O)C1CCC2OC2C1OC)(COC(=O)C1CCC2OC2C1OC)COC(O)C1CCC2OC2C1OC. The average Bonchev–Trinajstić information content (AvgIpc) is 3.89. The van der Waals surface area contributed by atoms with E-state index in [1.54, 1.807) is 21.3 Å². The summed E-state index contributed by atoms with van der Waals surface area (Å²) in [4.78, 5) is 26.6.